The van der Waals surface area contributed by atoms with E-state index in [1.165, 1.54) is 6.20 Å². The third kappa shape index (κ3) is 2.66. The fourth-order valence-corrected chi connectivity index (χ4v) is 1.89. The number of nitrogens with zero attached hydrogens (tertiary/aromatic N) is 1. The lowest BCUT2D eigenvalue weighted by molar-refractivity contribution is -0.0755. The van der Waals surface area contributed by atoms with Gasteiger partial charge in [-0.05, 0) is 12.1 Å². The van der Waals surface area contributed by atoms with Crippen LogP contribution in [0.4, 0.5) is 0 Å². The number of carbonyl (C=O) groups is 1. The SMILES string of the molecule is O=C(C[C@H]1O[C@@H](O)C(Cl)=C1Cl)c1cccnc1. The van der Waals surface area contributed by atoms with Crippen molar-refractivity contribution in [1.82, 2.24) is 4.98 Å². The number of ether oxygens (including phenoxy) is 1. The highest BCUT2D eigenvalue weighted by Gasteiger charge is 2.33. The van der Waals surface area contributed by atoms with Crippen molar-refractivity contribution < 1.29 is 14.6 Å². The average molecular weight is 274 g/mol. The molecule has 2 heterocycles. The second-order valence-corrected chi connectivity index (χ2v) is 4.36. The number of aromatic nitrogens is 1. The summed E-state index contributed by atoms with van der Waals surface area (Å²) in [6, 6.07) is 3.32. The second-order valence-electron chi connectivity index (χ2n) is 3.54. The molecule has 0 saturated heterocycles. The number of aliphatic hydroxyl groups excluding tert-OH is 1. The molecular weight excluding hydrogens is 265 g/mol. The summed E-state index contributed by atoms with van der Waals surface area (Å²) >= 11 is 11.5. The predicted octanol–water partition coefficient (Wildman–Crippen LogP) is 2.06. The summed E-state index contributed by atoms with van der Waals surface area (Å²) in [5.41, 5.74) is 0.470. The Labute approximate surface area is 108 Å². The standard InChI is InChI=1S/C11H9Cl2NO3/c12-9-8(17-11(16)10(9)13)4-7(15)6-2-1-3-14-5-6/h1-3,5,8,11,16H,4H2/t8-,11-/m1/s1. The monoisotopic (exact) mass is 273 g/mol. The zero-order valence-electron chi connectivity index (χ0n) is 8.64. The largest absolute Gasteiger partial charge is 0.363 e. The first kappa shape index (κ1) is 12.5. The highest BCUT2D eigenvalue weighted by molar-refractivity contribution is 6.40. The normalized spacial score (nSPS) is 24.2. The molecule has 0 aromatic carbocycles. The predicted molar refractivity (Wildman–Crippen MR) is 62.8 cm³/mol. The van der Waals surface area contributed by atoms with Crippen molar-refractivity contribution in [3.05, 3.63) is 40.2 Å². The minimum absolute atomic E-state index is 0.0256. The third-order valence-electron chi connectivity index (χ3n) is 2.38. The van der Waals surface area contributed by atoms with Crippen LogP contribution in [0.1, 0.15) is 16.8 Å². The van der Waals surface area contributed by atoms with Gasteiger partial charge >= 0.3 is 0 Å². The van der Waals surface area contributed by atoms with Crippen LogP contribution in [0.5, 0.6) is 0 Å². The summed E-state index contributed by atoms with van der Waals surface area (Å²) in [5.74, 6) is -0.167. The molecule has 17 heavy (non-hydrogen) atoms. The number of rotatable bonds is 3. The maximum Gasteiger partial charge on any atom is 0.193 e. The summed E-state index contributed by atoms with van der Waals surface area (Å²) in [6.45, 7) is 0. The summed E-state index contributed by atoms with van der Waals surface area (Å²) in [4.78, 5) is 15.7. The van der Waals surface area contributed by atoms with E-state index in [4.69, 9.17) is 27.9 Å². The molecule has 0 saturated carbocycles. The Hall–Kier alpha value is -0.940. The fraction of sp³-hybridized carbons (Fsp3) is 0.273. The first-order valence-corrected chi connectivity index (χ1v) is 5.67. The number of Topliss-reactive ketones (excluding diaryl/α,β-unsaturated/α-hetero) is 1. The quantitative estimate of drug-likeness (QED) is 0.857. The molecule has 0 fully saturated rings. The van der Waals surface area contributed by atoms with Crippen molar-refractivity contribution in [3.63, 3.8) is 0 Å². The first-order valence-electron chi connectivity index (χ1n) is 4.91. The third-order valence-corrected chi connectivity index (χ3v) is 3.31. The van der Waals surface area contributed by atoms with Gasteiger partial charge in [-0.15, -0.1) is 0 Å². The van der Waals surface area contributed by atoms with Crippen molar-refractivity contribution in [2.45, 2.75) is 18.8 Å². The molecule has 0 unspecified atom stereocenters. The summed E-state index contributed by atoms with van der Waals surface area (Å²) in [7, 11) is 0. The van der Waals surface area contributed by atoms with E-state index in [0.29, 0.717) is 5.56 Å². The summed E-state index contributed by atoms with van der Waals surface area (Å²) < 4.78 is 5.05. The molecule has 1 aromatic heterocycles. The lowest BCUT2D eigenvalue weighted by atomic mass is 10.1. The fourth-order valence-electron chi connectivity index (χ4n) is 1.50. The lowest BCUT2D eigenvalue weighted by Crippen LogP contribution is -2.17. The number of carbonyl (C=O) groups excluding carboxylic acids is 1. The smallest absolute Gasteiger partial charge is 0.193 e. The zero-order chi connectivity index (χ0) is 12.4. The van der Waals surface area contributed by atoms with Crippen LogP contribution in [0, 0.1) is 0 Å². The molecule has 1 aliphatic rings. The number of hydrogen-bond donors (Lipinski definition) is 1. The number of ketones is 1. The van der Waals surface area contributed by atoms with Gasteiger partial charge in [0.1, 0.15) is 6.10 Å². The van der Waals surface area contributed by atoms with Crippen molar-refractivity contribution in [2.24, 2.45) is 0 Å². The molecule has 2 rings (SSSR count). The Morgan fingerprint density at radius 1 is 1.47 bits per heavy atom. The average Bonchev–Trinajstić information content (AvgIpc) is 2.58. The van der Waals surface area contributed by atoms with Crippen LogP contribution in [0.3, 0.4) is 0 Å². The van der Waals surface area contributed by atoms with Gasteiger partial charge in [-0.3, -0.25) is 9.78 Å². The van der Waals surface area contributed by atoms with Crippen LogP contribution < -0.4 is 0 Å². The Morgan fingerprint density at radius 2 is 2.24 bits per heavy atom. The van der Waals surface area contributed by atoms with Gasteiger partial charge < -0.3 is 9.84 Å². The maximum absolute atomic E-state index is 11.8. The topological polar surface area (TPSA) is 59.4 Å². The van der Waals surface area contributed by atoms with Gasteiger partial charge in [0.15, 0.2) is 12.1 Å². The van der Waals surface area contributed by atoms with Gasteiger partial charge in [0.25, 0.3) is 0 Å². The Balaban J connectivity index is 2.07. The van der Waals surface area contributed by atoms with E-state index in [9.17, 15) is 9.90 Å². The first-order chi connectivity index (χ1) is 8.09. The molecule has 0 radical (unpaired) electrons. The number of aliphatic hydroxyl groups is 1. The summed E-state index contributed by atoms with van der Waals surface area (Å²) in [6.07, 6.45) is 1.14. The second kappa shape index (κ2) is 5.14. The minimum Gasteiger partial charge on any atom is -0.363 e. The molecule has 2 atom stereocenters. The maximum atomic E-state index is 11.8. The molecule has 1 N–H and O–H groups in total. The Morgan fingerprint density at radius 3 is 2.76 bits per heavy atom. The van der Waals surface area contributed by atoms with E-state index in [2.05, 4.69) is 4.98 Å². The molecule has 0 spiro atoms. The van der Waals surface area contributed by atoms with Crippen LogP contribution in [-0.2, 0) is 4.74 Å². The Kier molecular flexibility index (Phi) is 3.79. The molecule has 4 nitrogen and oxygen atoms in total. The van der Waals surface area contributed by atoms with Gasteiger partial charge in [0, 0.05) is 24.4 Å². The van der Waals surface area contributed by atoms with E-state index in [1.807, 2.05) is 0 Å². The van der Waals surface area contributed by atoms with Gasteiger partial charge in [-0.2, -0.15) is 0 Å². The molecule has 0 aliphatic carbocycles. The molecule has 0 amide bonds. The molecule has 90 valence electrons. The highest BCUT2D eigenvalue weighted by atomic mass is 35.5. The van der Waals surface area contributed by atoms with Crippen LogP contribution >= 0.6 is 23.2 Å². The van der Waals surface area contributed by atoms with Gasteiger partial charge in [0.2, 0.25) is 0 Å². The van der Waals surface area contributed by atoms with Crippen molar-refractivity contribution in [2.75, 3.05) is 0 Å². The molecule has 6 heteroatoms. The summed E-state index contributed by atoms with van der Waals surface area (Å²) in [5, 5.41) is 9.52. The van der Waals surface area contributed by atoms with Crippen molar-refractivity contribution in [1.29, 1.82) is 0 Å². The van der Waals surface area contributed by atoms with Crippen molar-refractivity contribution in [3.8, 4) is 0 Å². The van der Waals surface area contributed by atoms with E-state index >= 15 is 0 Å². The molecule has 1 aliphatic heterocycles. The number of pyridine rings is 1. The van der Waals surface area contributed by atoms with E-state index in [-0.39, 0.29) is 22.3 Å². The lowest BCUT2D eigenvalue weighted by Gasteiger charge is -2.10. The highest BCUT2D eigenvalue weighted by Crippen LogP contribution is 2.33. The van der Waals surface area contributed by atoms with Crippen LogP contribution in [-0.4, -0.2) is 28.3 Å². The molecule has 0 bridgehead atoms. The van der Waals surface area contributed by atoms with Crippen LogP contribution in [0.15, 0.2) is 34.6 Å². The molecule has 1 aromatic rings. The minimum atomic E-state index is -1.24. The van der Waals surface area contributed by atoms with Crippen molar-refractivity contribution >= 4 is 29.0 Å². The van der Waals surface area contributed by atoms with E-state index < -0.39 is 12.4 Å². The van der Waals surface area contributed by atoms with E-state index in [1.54, 1.807) is 18.3 Å². The Bertz CT molecular complexity index is 461. The van der Waals surface area contributed by atoms with Crippen LogP contribution in [0.25, 0.3) is 0 Å². The number of halogens is 2. The van der Waals surface area contributed by atoms with E-state index in [0.717, 1.165) is 0 Å². The van der Waals surface area contributed by atoms with Gasteiger partial charge in [0.05, 0.1) is 10.1 Å². The van der Waals surface area contributed by atoms with Gasteiger partial charge in [-0.1, -0.05) is 23.2 Å². The van der Waals surface area contributed by atoms with Crippen LogP contribution in [0.2, 0.25) is 0 Å². The van der Waals surface area contributed by atoms with Gasteiger partial charge in [-0.25, -0.2) is 0 Å². The zero-order valence-corrected chi connectivity index (χ0v) is 10.1. The number of hydrogen-bond acceptors (Lipinski definition) is 4. The molecular formula is C11H9Cl2NO3.